The minimum absolute atomic E-state index is 0.0715. The number of benzene rings is 1. The molecule has 3 N–H and O–H groups in total. The molecular weight excluding hydrogens is 376 g/mol. The molecule has 1 aliphatic carbocycles. The molecule has 1 aromatic heterocycles. The van der Waals surface area contributed by atoms with Crippen molar-refractivity contribution >= 4 is 34.6 Å². The fourth-order valence-corrected chi connectivity index (χ4v) is 4.83. The predicted octanol–water partition coefficient (Wildman–Crippen LogP) is 3.21. The van der Waals surface area contributed by atoms with Crippen LogP contribution in [0.5, 0.6) is 0 Å². The van der Waals surface area contributed by atoms with E-state index >= 15 is 0 Å². The van der Waals surface area contributed by atoms with Crippen molar-refractivity contribution < 1.29 is 9.59 Å². The van der Waals surface area contributed by atoms with Crippen LogP contribution in [0, 0.1) is 5.92 Å². The van der Waals surface area contributed by atoms with Crippen molar-refractivity contribution in [2.24, 2.45) is 11.7 Å². The van der Waals surface area contributed by atoms with Crippen molar-refractivity contribution in [3.63, 3.8) is 0 Å². The number of nitrogens with two attached hydrogens (primary N) is 1. The molecule has 2 aromatic rings. The van der Waals surface area contributed by atoms with Crippen molar-refractivity contribution in [2.75, 3.05) is 0 Å². The molecule has 0 bridgehead atoms. The van der Waals surface area contributed by atoms with Crippen molar-refractivity contribution in [1.82, 2.24) is 14.9 Å². The van der Waals surface area contributed by atoms with E-state index in [1.807, 2.05) is 26.0 Å². The summed E-state index contributed by atoms with van der Waals surface area (Å²) in [6, 6.07) is 6.47. The van der Waals surface area contributed by atoms with Gasteiger partial charge in [-0.05, 0) is 30.9 Å². The summed E-state index contributed by atoms with van der Waals surface area (Å²) in [6.07, 6.45) is 5.17. The van der Waals surface area contributed by atoms with Gasteiger partial charge in [-0.1, -0.05) is 57.0 Å². The molecule has 0 unspecified atom stereocenters. The number of urea groups is 1. The maximum atomic E-state index is 13.3. The number of nitrogens with one attached hydrogen (secondary N) is 1. The Balaban J connectivity index is 2.08. The number of aromatic nitrogens is 2. The summed E-state index contributed by atoms with van der Waals surface area (Å²) in [6.45, 7) is 3.78. The summed E-state index contributed by atoms with van der Waals surface area (Å²) in [5, 5.41) is 2.68. The molecule has 3 rings (SSSR count). The third-order valence-corrected chi connectivity index (χ3v) is 6.57. The van der Waals surface area contributed by atoms with E-state index in [1.54, 1.807) is 16.7 Å². The Labute approximate surface area is 168 Å². The van der Waals surface area contributed by atoms with Gasteiger partial charge in [-0.25, -0.2) is 9.78 Å². The van der Waals surface area contributed by atoms with Gasteiger partial charge in [0.05, 0.1) is 16.2 Å². The zero-order valence-electron chi connectivity index (χ0n) is 16.2. The van der Waals surface area contributed by atoms with E-state index in [2.05, 4.69) is 5.32 Å². The molecule has 1 fully saturated rings. The van der Waals surface area contributed by atoms with Gasteiger partial charge in [0.2, 0.25) is 5.91 Å². The summed E-state index contributed by atoms with van der Waals surface area (Å²) in [4.78, 5) is 41.6. The molecule has 8 heteroatoms. The SMILES string of the molecule is CC(C)[C@@H](Sc1nc2ccccc2c(=O)n1C1CCCCC1)C(=O)NC(N)=O. The molecule has 0 saturated heterocycles. The minimum Gasteiger partial charge on any atom is -0.351 e. The number of para-hydroxylation sites is 1. The number of fused-ring (bicyclic) bond motifs is 1. The van der Waals surface area contributed by atoms with Crippen LogP contribution < -0.4 is 16.6 Å². The molecule has 0 radical (unpaired) electrons. The number of amides is 3. The number of thioether (sulfide) groups is 1. The Hall–Kier alpha value is -2.35. The van der Waals surface area contributed by atoms with Crippen LogP contribution in [0.25, 0.3) is 10.9 Å². The second kappa shape index (κ2) is 8.77. The van der Waals surface area contributed by atoms with Gasteiger partial charge >= 0.3 is 6.03 Å². The van der Waals surface area contributed by atoms with E-state index in [0.29, 0.717) is 16.1 Å². The highest BCUT2D eigenvalue weighted by Gasteiger charge is 2.29. The number of hydrogen-bond acceptors (Lipinski definition) is 5. The van der Waals surface area contributed by atoms with Crippen LogP contribution in [0.2, 0.25) is 0 Å². The van der Waals surface area contributed by atoms with Gasteiger partial charge in [-0.15, -0.1) is 0 Å². The topological polar surface area (TPSA) is 107 Å². The lowest BCUT2D eigenvalue weighted by Crippen LogP contribution is -2.42. The largest absolute Gasteiger partial charge is 0.351 e. The molecule has 1 saturated carbocycles. The van der Waals surface area contributed by atoms with Crippen molar-refractivity contribution in [2.45, 2.75) is 62.4 Å². The number of primary amides is 1. The Kier molecular flexibility index (Phi) is 6.39. The highest BCUT2D eigenvalue weighted by Crippen LogP contribution is 2.34. The van der Waals surface area contributed by atoms with Crippen LogP contribution >= 0.6 is 11.8 Å². The van der Waals surface area contributed by atoms with E-state index in [0.717, 1.165) is 25.7 Å². The van der Waals surface area contributed by atoms with E-state index in [9.17, 15) is 14.4 Å². The molecule has 1 aromatic carbocycles. The van der Waals surface area contributed by atoms with Crippen LogP contribution in [-0.2, 0) is 4.79 Å². The third-order valence-electron chi connectivity index (χ3n) is 5.06. The smallest absolute Gasteiger partial charge is 0.318 e. The minimum atomic E-state index is -0.882. The molecule has 1 atom stereocenters. The Morgan fingerprint density at radius 1 is 1.21 bits per heavy atom. The fourth-order valence-electron chi connectivity index (χ4n) is 3.67. The van der Waals surface area contributed by atoms with Crippen molar-refractivity contribution in [1.29, 1.82) is 0 Å². The van der Waals surface area contributed by atoms with Gasteiger partial charge in [0.15, 0.2) is 5.16 Å². The second-order valence-corrected chi connectivity index (χ2v) is 8.62. The summed E-state index contributed by atoms with van der Waals surface area (Å²) in [5.74, 6) is -0.544. The molecule has 1 heterocycles. The van der Waals surface area contributed by atoms with E-state index in [4.69, 9.17) is 10.7 Å². The predicted molar refractivity (Wildman–Crippen MR) is 110 cm³/mol. The van der Waals surface area contributed by atoms with E-state index in [1.165, 1.54) is 18.2 Å². The molecule has 3 amide bonds. The van der Waals surface area contributed by atoms with Gasteiger partial charge in [0.1, 0.15) is 0 Å². The molecular formula is C20H26N4O3S. The molecule has 28 heavy (non-hydrogen) atoms. The van der Waals surface area contributed by atoms with E-state index in [-0.39, 0.29) is 17.5 Å². The number of hydrogen-bond donors (Lipinski definition) is 2. The highest BCUT2D eigenvalue weighted by molar-refractivity contribution is 8.00. The number of carbonyl (C=O) groups is 2. The molecule has 0 spiro atoms. The molecule has 150 valence electrons. The normalized spacial score (nSPS) is 16.2. The van der Waals surface area contributed by atoms with Gasteiger partial charge < -0.3 is 5.73 Å². The molecule has 0 aliphatic heterocycles. The van der Waals surface area contributed by atoms with Gasteiger partial charge in [-0.2, -0.15) is 0 Å². The van der Waals surface area contributed by atoms with Crippen LogP contribution in [-0.4, -0.2) is 26.7 Å². The fraction of sp³-hybridized carbons (Fsp3) is 0.500. The van der Waals surface area contributed by atoms with Crippen LogP contribution in [0.15, 0.2) is 34.2 Å². The number of carbonyl (C=O) groups excluding carboxylic acids is 2. The van der Waals surface area contributed by atoms with Crippen LogP contribution in [0.3, 0.4) is 0 Å². The maximum Gasteiger partial charge on any atom is 0.318 e. The summed E-state index contributed by atoms with van der Waals surface area (Å²) in [5.41, 5.74) is 5.66. The number of nitrogens with zero attached hydrogens (tertiary/aromatic N) is 2. The van der Waals surface area contributed by atoms with Gasteiger partial charge in [0.25, 0.3) is 5.56 Å². The summed E-state index contributed by atoms with van der Waals surface area (Å²) < 4.78 is 1.76. The average molecular weight is 403 g/mol. The van der Waals surface area contributed by atoms with Crippen molar-refractivity contribution in [3.05, 3.63) is 34.6 Å². The summed E-state index contributed by atoms with van der Waals surface area (Å²) >= 11 is 1.23. The summed E-state index contributed by atoms with van der Waals surface area (Å²) in [7, 11) is 0. The standard InChI is InChI=1S/C20H26N4O3S/c1-12(2)16(17(25)23-19(21)27)28-20-22-15-11-7-6-10-14(15)18(26)24(20)13-8-4-3-5-9-13/h6-7,10-13,16H,3-5,8-9H2,1-2H3,(H3,21,23,25,27)/t16-/m1/s1. The number of imide groups is 1. The monoisotopic (exact) mass is 402 g/mol. The highest BCUT2D eigenvalue weighted by atomic mass is 32.2. The average Bonchev–Trinajstić information content (AvgIpc) is 2.66. The lowest BCUT2D eigenvalue weighted by atomic mass is 9.95. The first kappa shape index (κ1) is 20.4. The first-order valence-corrected chi connectivity index (χ1v) is 10.5. The first-order valence-electron chi connectivity index (χ1n) is 9.66. The lowest BCUT2D eigenvalue weighted by molar-refractivity contribution is -0.120. The second-order valence-electron chi connectivity index (χ2n) is 7.51. The van der Waals surface area contributed by atoms with Gasteiger partial charge in [0, 0.05) is 6.04 Å². The quantitative estimate of drug-likeness (QED) is 0.590. The van der Waals surface area contributed by atoms with Crippen LogP contribution in [0.4, 0.5) is 4.79 Å². The Morgan fingerprint density at radius 3 is 2.54 bits per heavy atom. The van der Waals surface area contributed by atoms with Crippen LogP contribution in [0.1, 0.15) is 52.0 Å². The Bertz CT molecular complexity index is 935. The third kappa shape index (κ3) is 4.38. The molecule has 7 nitrogen and oxygen atoms in total. The zero-order chi connectivity index (χ0) is 20.3. The number of rotatable bonds is 5. The first-order chi connectivity index (χ1) is 13.4. The lowest BCUT2D eigenvalue weighted by Gasteiger charge is -2.27. The molecule has 1 aliphatic rings. The van der Waals surface area contributed by atoms with Crippen molar-refractivity contribution in [3.8, 4) is 0 Å². The zero-order valence-corrected chi connectivity index (χ0v) is 17.0. The van der Waals surface area contributed by atoms with Gasteiger partial charge in [-0.3, -0.25) is 19.5 Å². The Morgan fingerprint density at radius 2 is 1.89 bits per heavy atom. The maximum absolute atomic E-state index is 13.3. The van der Waals surface area contributed by atoms with E-state index < -0.39 is 17.2 Å².